The first kappa shape index (κ1) is 17.5. The molecule has 1 aromatic carbocycles. The van der Waals surface area contributed by atoms with Crippen molar-refractivity contribution in [2.24, 2.45) is 0 Å². The van der Waals surface area contributed by atoms with Crippen LogP contribution in [-0.4, -0.2) is 24.0 Å². The zero-order chi connectivity index (χ0) is 17.6. The summed E-state index contributed by atoms with van der Waals surface area (Å²) < 4.78 is 5.12. The number of ether oxygens (including phenoxy) is 1. The SMILES string of the molecule is COc1ccc(NC(=O)c2ccnc(NC3CCCCC3)c2)cc1Cl. The lowest BCUT2D eigenvalue weighted by atomic mass is 9.95. The number of anilines is 2. The van der Waals surface area contributed by atoms with Gasteiger partial charge in [0.2, 0.25) is 0 Å². The van der Waals surface area contributed by atoms with E-state index in [9.17, 15) is 4.79 Å². The molecule has 1 fully saturated rings. The highest BCUT2D eigenvalue weighted by Gasteiger charge is 2.15. The first-order valence-corrected chi connectivity index (χ1v) is 8.91. The molecule has 1 amide bonds. The van der Waals surface area contributed by atoms with E-state index in [1.54, 1.807) is 43.6 Å². The number of nitrogens with one attached hydrogen (secondary N) is 2. The van der Waals surface area contributed by atoms with Crippen LogP contribution in [-0.2, 0) is 0 Å². The first-order valence-electron chi connectivity index (χ1n) is 8.53. The molecule has 1 aliphatic carbocycles. The largest absolute Gasteiger partial charge is 0.495 e. The second kappa shape index (κ2) is 8.21. The summed E-state index contributed by atoms with van der Waals surface area (Å²) in [6, 6.07) is 9.08. The maximum absolute atomic E-state index is 12.5. The Kier molecular flexibility index (Phi) is 5.76. The van der Waals surface area contributed by atoms with Crippen molar-refractivity contribution in [3.63, 3.8) is 0 Å². The zero-order valence-electron chi connectivity index (χ0n) is 14.2. The van der Waals surface area contributed by atoms with Gasteiger partial charge in [-0.3, -0.25) is 4.79 Å². The molecule has 132 valence electrons. The summed E-state index contributed by atoms with van der Waals surface area (Å²) in [5, 5.41) is 6.74. The van der Waals surface area contributed by atoms with E-state index >= 15 is 0 Å². The lowest BCUT2D eigenvalue weighted by molar-refractivity contribution is 0.102. The van der Waals surface area contributed by atoms with Crippen LogP contribution in [0.4, 0.5) is 11.5 Å². The minimum absolute atomic E-state index is 0.199. The Hall–Kier alpha value is -2.27. The van der Waals surface area contributed by atoms with E-state index in [1.807, 2.05) is 0 Å². The predicted octanol–water partition coefficient (Wildman–Crippen LogP) is 4.74. The molecular weight excluding hydrogens is 338 g/mol. The quantitative estimate of drug-likeness (QED) is 0.809. The minimum Gasteiger partial charge on any atom is -0.495 e. The van der Waals surface area contributed by atoms with E-state index in [-0.39, 0.29) is 5.91 Å². The number of benzene rings is 1. The van der Waals surface area contributed by atoms with Gasteiger partial charge in [-0.2, -0.15) is 0 Å². The Morgan fingerprint density at radius 1 is 1.20 bits per heavy atom. The van der Waals surface area contributed by atoms with E-state index in [2.05, 4.69) is 15.6 Å². The average Bonchev–Trinajstić information content (AvgIpc) is 2.63. The number of hydrogen-bond donors (Lipinski definition) is 2. The summed E-state index contributed by atoms with van der Waals surface area (Å²) in [6.07, 6.45) is 7.76. The van der Waals surface area contributed by atoms with Crippen LogP contribution in [0.25, 0.3) is 0 Å². The predicted molar refractivity (Wildman–Crippen MR) is 101 cm³/mol. The van der Waals surface area contributed by atoms with Gasteiger partial charge in [0.25, 0.3) is 5.91 Å². The van der Waals surface area contributed by atoms with Crippen molar-refractivity contribution in [3.05, 3.63) is 47.1 Å². The van der Waals surface area contributed by atoms with Gasteiger partial charge in [0.05, 0.1) is 12.1 Å². The zero-order valence-corrected chi connectivity index (χ0v) is 15.0. The number of pyridine rings is 1. The molecule has 1 heterocycles. The number of amides is 1. The third kappa shape index (κ3) is 4.63. The van der Waals surface area contributed by atoms with E-state index in [0.29, 0.717) is 28.1 Å². The van der Waals surface area contributed by atoms with Crippen molar-refractivity contribution in [3.8, 4) is 5.75 Å². The summed E-state index contributed by atoms with van der Waals surface area (Å²) in [5.74, 6) is 1.12. The summed E-state index contributed by atoms with van der Waals surface area (Å²) >= 11 is 6.10. The van der Waals surface area contributed by atoms with Crippen LogP contribution in [0.3, 0.4) is 0 Å². The molecule has 3 rings (SSSR count). The smallest absolute Gasteiger partial charge is 0.255 e. The standard InChI is InChI=1S/C19H22ClN3O2/c1-25-17-8-7-15(12-16(17)20)23-19(24)13-9-10-21-18(11-13)22-14-5-3-2-4-6-14/h7-12,14H,2-6H2,1H3,(H,21,22)(H,23,24). The number of aromatic nitrogens is 1. The van der Waals surface area contributed by atoms with Crippen LogP contribution in [0.2, 0.25) is 5.02 Å². The number of hydrogen-bond acceptors (Lipinski definition) is 4. The van der Waals surface area contributed by atoms with E-state index in [4.69, 9.17) is 16.3 Å². The van der Waals surface area contributed by atoms with Crippen molar-refractivity contribution in [1.29, 1.82) is 0 Å². The Balaban J connectivity index is 1.67. The van der Waals surface area contributed by atoms with Crippen LogP contribution in [0.1, 0.15) is 42.5 Å². The van der Waals surface area contributed by atoms with Crippen LogP contribution >= 0.6 is 11.6 Å². The number of nitrogens with zero attached hydrogens (tertiary/aromatic N) is 1. The molecule has 0 unspecified atom stereocenters. The topological polar surface area (TPSA) is 63.2 Å². The normalized spacial score (nSPS) is 14.8. The van der Waals surface area contributed by atoms with Crippen molar-refractivity contribution in [2.75, 3.05) is 17.7 Å². The van der Waals surface area contributed by atoms with E-state index < -0.39 is 0 Å². The molecule has 0 bridgehead atoms. The molecule has 0 saturated heterocycles. The number of methoxy groups -OCH3 is 1. The Morgan fingerprint density at radius 2 is 2.00 bits per heavy atom. The molecular formula is C19H22ClN3O2. The van der Waals surface area contributed by atoms with Gasteiger partial charge < -0.3 is 15.4 Å². The lowest BCUT2D eigenvalue weighted by Crippen LogP contribution is -2.23. The summed E-state index contributed by atoms with van der Waals surface area (Å²) in [6.45, 7) is 0. The molecule has 1 saturated carbocycles. The van der Waals surface area contributed by atoms with Gasteiger partial charge in [-0.1, -0.05) is 30.9 Å². The third-order valence-electron chi connectivity index (χ3n) is 4.39. The summed E-state index contributed by atoms with van der Waals surface area (Å²) in [4.78, 5) is 16.8. The van der Waals surface area contributed by atoms with Gasteiger partial charge in [0, 0.05) is 23.5 Å². The van der Waals surface area contributed by atoms with Crippen molar-refractivity contribution in [1.82, 2.24) is 4.98 Å². The molecule has 1 aliphatic rings. The molecule has 5 nitrogen and oxygen atoms in total. The van der Waals surface area contributed by atoms with Gasteiger partial charge in [-0.25, -0.2) is 4.98 Å². The number of halogens is 1. The maximum Gasteiger partial charge on any atom is 0.255 e. The van der Waals surface area contributed by atoms with Crippen molar-refractivity contribution >= 4 is 29.0 Å². The number of carbonyl (C=O) groups excluding carboxylic acids is 1. The highest BCUT2D eigenvalue weighted by atomic mass is 35.5. The van der Waals surface area contributed by atoms with Crippen molar-refractivity contribution in [2.45, 2.75) is 38.1 Å². The van der Waals surface area contributed by atoms with Gasteiger partial charge in [-0.05, 0) is 43.2 Å². The monoisotopic (exact) mass is 359 g/mol. The number of carbonyl (C=O) groups is 1. The van der Waals surface area contributed by atoms with Gasteiger partial charge >= 0.3 is 0 Å². The molecule has 0 atom stereocenters. The van der Waals surface area contributed by atoms with E-state index in [1.165, 1.54) is 19.3 Å². The third-order valence-corrected chi connectivity index (χ3v) is 4.68. The van der Waals surface area contributed by atoms with Gasteiger partial charge in [0.1, 0.15) is 11.6 Å². The fraction of sp³-hybridized carbons (Fsp3) is 0.368. The minimum atomic E-state index is -0.199. The Morgan fingerprint density at radius 3 is 2.72 bits per heavy atom. The summed E-state index contributed by atoms with van der Waals surface area (Å²) in [5.41, 5.74) is 1.18. The fourth-order valence-electron chi connectivity index (χ4n) is 3.05. The van der Waals surface area contributed by atoms with Crippen LogP contribution in [0.5, 0.6) is 5.75 Å². The summed E-state index contributed by atoms with van der Waals surface area (Å²) in [7, 11) is 1.55. The Labute approximate surface area is 152 Å². The molecule has 0 radical (unpaired) electrons. The van der Waals surface area contributed by atoms with Crippen LogP contribution in [0.15, 0.2) is 36.5 Å². The van der Waals surface area contributed by atoms with Gasteiger partial charge in [0.15, 0.2) is 0 Å². The molecule has 1 aromatic heterocycles. The first-order chi connectivity index (χ1) is 12.2. The Bertz CT molecular complexity index is 745. The second-order valence-corrected chi connectivity index (χ2v) is 6.62. The molecule has 2 aromatic rings. The molecule has 25 heavy (non-hydrogen) atoms. The fourth-order valence-corrected chi connectivity index (χ4v) is 3.31. The highest BCUT2D eigenvalue weighted by Crippen LogP contribution is 2.27. The molecule has 0 aliphatic heterocycles. The van der Waals surface area contributed by atoms with Crippen LogP contribution < -0.4 is 15.4 Å². The van der Waals surface area contributed by atoms with Gasteiger partial charge in [-0.15, -0.1) is 0 Å². The molecule has 0 spiro atoms. The number of rotatable bonds is 5. The second-order valence-electron chi connectivity index (χ2n) is 6.21. The van der Waals surface area contributed by atoms with Crippen molar-refractivity contribution < 1.29 is 9.53 Å². The van der Waals surface area contributed by atoms with Crippen LogP contribution in [0, 0.1) is 0 Å². The lowest BCUT2D eigenvalue weighted by Gasteiger charge is -2.23. The molecule has 6 heteroatoms. The highest BCUT2D eigenvalue weighted by molar-refractivity contribution is 6.32. The maximum atomic E-state index is 12.5. The average molecular weight is 360 g/mol. The van der Waals surface area contributed by atoms with E-state index in [0.717, 1.165) is 18.7 Å². The molecule has 2 N–H and O–H groups in total.